The summed E-state index contributed by atoms with van der Waals surface area (Å²) in [7, 11) is 0. The van der Waals surface area contributed by atoms with E-state index in [-0.39, 0.29) is 30.3 Å². The number of carbonyl (C=O) groups is 2. The number of piperidine rings is 1. The van der Waals surface area contributed by atoms with Gasteiger partial charge in [-0.25, -0.2) is 9.59 Å². The van der Waals surface area contributed by atoms with Crippen molar-refractivity contribution in [1.29, 1.82) is 0 Å². The molecule has 232 valence electrons. The van der Waals surface area contributed by atoms with Crippen LogP contribution in [0, 0.1) is 5.41 Å². The molecule has 1 aromatic carbocycles. The number of pyridine rings is 1. The van der Waals surface area contributed by atoms with Gasteiger partial charge in [0.2, 0.25) is 0 Å². The average Bonchev–Trinajstić information content (AvgIpc) is 3.72. The highest BCUT2D eigenvalue weighted by molar-refractivity contribution is 5.76. The molecule has 3 heterocycles. The van der Waals surface area contributed by atoms with Gasteiger partial charge in [0.15, 0.2) is 0 Å². The number of carbonyl (C=O) groups excluding carboxylic acids is 2. The lowest BCUT2D eigenvalue weighted by molar-refractivity contribution is -0.137. The van der Waals surface area contributed by atoms with Crippen molar-refractivity contribution in [2.45, 2.75) is 95.4 Å². The molecule has 0 unspecified atom stereocenters. The van der Waals surface area contributed by atoms with E-state index in [4.69, 9.17) is 4.74 Å². The van der Waals surface area contributed by atoms with Gasteiger partial charge in [-0.3, -0.25) is 4.79 Å². The minimum atomic E-state index is -1.07. The predicted octanol–water partition coefficient (Wildman–Crippen LogP) is 5.14. The van der Waals surface area contributed by atoms with Gasteiger partial charge in [-0.1, -0.05) is 43.2 Å². The lowest BCUT2D eigenvalue weighted by Gasteiger charge is -2.53. The first-order chi connectivity index (χ1) is 20.5. The van der Waals surface area contributed by atoms with E-state index < -0.39 is 16.6 Å². The zero-order valence-corrected chi connectivity index (χ0v) is 25.8. The molecule has 9 heteroatoms. The topological polar surface area (TPSA) is 95.3 Å². The summed E-state index contributed by atoms with van der Waals surface area (Å²) in [6, 6.07) is 13.3. The van der Waals surface area contributed by atoms with Crippen molar-refractivity contribution in [3.05, 3.63) is 70.1 Å². The fourth-order valence-corrected chi connectivity index (χ4v) is 7.51. The fourth-order valence-electron chi connectivity index (χ4n) is 7.51. The highest BCUT2D eigenvalue weighted by atomic mass is 16.6. The monoisotopic (exact) mass is 590 g/mol. The van der Waals surface area contributed by atoms with Crippen LogP contribution in [0.15, 0.2) is 53.5 Å². The van der Waals surface area contributed by atoms with E-state index in [2.05, 4.69) is 0 Å². The summed E-state index contributed by atoms with van der Waals surface area (Å²) in [6.45, 7) is 7.85. The molecular formula is C34H46N4O5. The number of rotatable bonds is 4. The lowest BCUT2D eigenvalue weighted by Crippen LogP contribution is -2.64. The van der Waals surface area contributed by atoms with Gasteiger partial charge in [0, 0.05) is 50.4 Å². The smallest absolute Gasteiger partial charge is 0.410 e. The minimum absolute atomic E-state index is 0.0574. The summed E-state index contributed by atoms with van der Waals surface area (Å²) < 4.78 is 7.33. The highest BCUT2D eigenvalue weighted by Crippen LogP contribution is 2.52. The first kappa shape index (κ1) is 29.7. The predicted molar refractivity (Wildman–Crippen MR) is 164 cm³/mol. The van der Waals surface area contributed by atoms with Crippen molar-refractivity contribution in [3.8, 4) is 0 Å². The molecule has 4 aliphatic rings. The number of amides is 3. The highest BCUT2D eigenvalue weighted by Gasteiger charge is 2.56. The average molecular weight is 591 g/mol. The van der Waals surface area contributed by atoms with E-state index in [1.165, 1.54) is 0 Å². The second-order valence-corrected chi connectivity index (χ2v) is 14.2. The summed E-state index contributed by atoms with van der Waals surface area (Å²) in [5, 5.41) is 12.2. The van der Waals surface area contributed by atoms with Crippen LogP contribution in [-0.2, 0) is 11.3 Å². The molecule has 2 aromatic rings. The van der Waals surface area contributed by atoms with Gasteiger partial charge in [0.25, 0.3) is 5.56 Å². The third kappa shape index (κ3) is 6.06. The van der Waals surface area contributed by atoms with E-state index in [0.29, 0.717) is 45.1 Å². The van der Waals surface area contributed by atoms with Gasteiger partial charge in [-0.2, -0.15) is 0 Å². The van der Waals surface area contributed by atoms with Crippen LogP contribution in [0.25, 0.3) is 0 Å². The van der Waals surface area contributed by atoms with Crippen LogP contribution in [0.2, 0.25) is 0 Å². The molecule has 9 nitrogen and oxygen atoms in total. The van der Waals surface area contributed by atoms with Crippen LogP contribution in [0.3, 0.4) is 0 Å². The Balaban J connectivity index is 1.21. The normalized spacial score (nSPS) is 25.7. The van der Waals surface area contributed by atoms with E-state index in [9.17, 15) is 19.5 Å². The molecule has 2 atom stereocenters. The van der Waals surface area contributed by atoms with Gasteiger partial charge in [0.05, 0.1) is 18.2 Å². The summed E-state index contributed by atoms with van der Waals surface area (Å²) >= 11 is 0. The van der Waals surface area contributed by atoms with Crippen molar-refractivity contribution < 1.29 is 19.4 Å². The largest absolute Gasteiger partial charge is 0.444 e. The van der Waals surface area contributed by atoms with Crippen LogP contribution < -0.4 is 5.56 Å². The number of hydrogen-bond donors (Lipinski definition) is 1. The van der Waals surface area contributed by atoms with E-state index in [1.807, 2.05) is 73.2 Å². The number of hydrogen-bond acceptors (Lipinski definition) is 5. The number of benzene rings is 1. The molecule has 2 saturated carbocycles. The van der Waals surface area contributed by atoms with E-state index >= 15 is 0 Å². The van der Waals surface area contributed by atoms with Crippen LogP contribution in [0.4, 0.5) is 9.59 Å². The molecule has 2 aliphatic carbocycles. The van der Waals surface area contributed by atoms with Crippen molar-refractivity contribution in [1.82, 2.24) is 19.3 Å². The molecule has 43 heavy (non-hydrogen) atoms. The number of likely N-dealkylation sites (tertiary alicyclic amines) is 1. The maximum atomic E-state index is 14.3. The Hall–Kier alpha value is -3.33. The quantitative estimate of drug-likeness (QED) is 0.532. The Morgan fingerprint density at radius 2 is 1.67 bits per heavy atom. The molecule has 0 radical (unpaired) electrons. The van der Waals surface area contributed by atoms with Crippen molar-refractivity contribution in [2.24, 2.45) is 5.41 Å². The zero-order valence-electron chi connectivity index (χ0n) is 25.8. The Kier molecular flexibility index (Phi) is 7.82. The minimum Gasteiger partial charge on any atom is -0.444 e. The lowest BCUT2D eigenvalue weighted by atomic mass is 9.66. The number of ether oxygens (including phenoxy) is 1. The molecule has 4 fully saturated rings. The van der Waals surface area contributed by atoms with Crippen LogP contribution >= 0.6 is 0 Å². The summed E-state index contributed by atoms with van der Waals surface area (Å²) in [4.78, 5) is 45.8. The third-order valence-electron chi connectivity index (χ3n) is 10.1. The Morgan fingerprint density at radius 1 is 0.953 bits per heavy atom. The molecule has 1 spiro atoms. The molecule has 6 rings (SSSR count). The number of nitrogens with zero attached hydrogens (tertiary/aromatic N) is 4. The van der Waals surface area contributed by atoms with Crippen molar-refractivity contribution >= 4 is 12.1 Å². The van der Waals surface area contributed by atoms with Crippen LogP contribution in [0.5, 0.6) is 0 Å². The second kappa shape index (κ2) is 11.3. The molecule has 1 N–H and O–H groups in total. The van der Waals surface area contributed by atoms with Crippen LogP contribution in [-0.4, -0.2) is 80.4 Å². The Morgan fingerprint density at radius 3 is 2.33 bits per heavy atom. The van der Waals surface area contributed by atoms with Crippen molar-refractivity contribution in [3.63, 3.8) is 0 Å². The number of aromatic nitrogens is 1. The van der Waals surface area contributed by atoms with Gasteiger partial charge in [-0.15, -0.1) is 0 Å². The van der Waals surface area contributed by atoms with Gasteiger partial charge in [-0.05, 0) is 76.0 Å². The zero-order chi connectivity index (χ0) is 30.4. The Bertz CT molecular complexity index is 1390. The standard InChI is InChI=1S/C34H46N4O5/c1-32(2,3)43-31(41)35-19-20-38(28(22-35)26-9-5-4-6-10-26)30(40)37-18-16-34(42,33(23-37)14-7-8-15-33)24-36-17-13-27(21-29(36)39)25-11-12-25/h4-6,9-10,13,17,21,25,28,42H,7-8,11-12,14-16,18-20,22-24H2,1-3H3/t28-,34+/m0/s1. The summed E-state index contributed by atoms with van der Waals surface area (Å²) in [5.41, 5.74) is -0.115. The van der Waals surface area contributed by atoms with Crippen LogP contribution in [0.1, 0.15) is 88.8 Å². The van der Waals surface area contributed by atoms with E-state index in [0.717, 1.165) is 49.7 Å². The summed E-state index contributed by atoms with van der Waals surface area (Å²) in [5.74, 6) is 0.506. The van der Waals surface area contributed by atoms with Gasteiger partial charge >= 0.3 is 12.1 Å². The summed E-state index contributed by atoms with van der Waals surface area (Å²) in [6.07, 6.45) is 7.85. The maximum Gasteiger partial charge on any atom is 0.410 e. The van der Waals surface area contributed by atoms with Gasteiger partial charge < -0.3 is 29.1 Å². The SMILES string of the molecule is CC(C)(C)OC(=O)N1CCN(C(=O)N2CC[C@@](O)(Cn3ccc(C4CC4)cc3=O)C3(CCCC3)C2)[C@H](c2ccccc2)C1. The number of piperazine rings is 1. The maximum absolute atomic E-state index is 14.3. The molecule has 0 bridgehead atoms. The van der Waals surface area contributed by atoms with Crippen molar-refractivity contribution in [2.75, 3.05) is 32.7 Å². The molecule has 3 amide bonds. The number of aliphatic hydroxyl groups is 1. The molecule has 2 aliphatic heterocycles. The third-order valence-corrected chi connectivity index (χ3v) is 10.1. The molecule has 2 saturated heterocycles. The number of urea groups is 1. The first-order valence-corrected chi connectivity index (χ1v) is 16.0. The second-order valence-electron chi connectivity index (χ2n) is 14.2. The van der Waals surface area contributed by atoms with E-state index in [1.54, 1.807) is 15.5 Å². The Labute approximate surface area is 254 Å². The molecular weight excluding hydrogens is 544 g/mol. The molecule has 1 aromatic heterocycles. The fraction of sp³-hybridized carbons (Fsp3) is 0.618. The van der Waals surface area contributed by atoms with Gasteiger partial charge in [0.1, 0.15) is 5.60 Å². The first-order valence-electron chi connectivity index (χ1n) is 16.0.